The number of nitrogens with zero attached hydrogens (tertiary/aromatic N) is 1. The minimum absolute atomic E-state index is 0.243. The Labute approximate surface area is 148 Å². The fourth-order valence-corrected chi connectivity index (χ4v) is 5.43. The summed E-state index contributed by atoms with van der Waals surface area (Å²) in [5, 5.41) is 3.91. The van der Waals surface area contributed by atoms with Gasteiger partial charge in [0.1, 0.15) is 6.61 Å². The summed E-state index contributed by atoms with van der Waals surface area (Å²) in [6.07, 6.45) is 5.44. The van der Waals surface area contributed by atoms with Gasteiger partial charge in [-0.15, -0.1) is 0 Å². The van der Waals surface area contributed by atoms with Crippen LogP contribution in [0.25, 0.3) is 0 Å². The molecule has 5 heteroatoms. The van der Waals surface area contributed by atoms with Gasteiger partial charge in [-0.1, -0.05) is 18.6 Å². The summed E-state index contributed by atoms with van der Waals surface area (Å²) in [6, 6.07) is 9.23. The molecule has 2 aliphatic heterocycles. The number of anilines is 1. The first-order valence-corrected chi connectivity index (χ1v) is 9.61. The van der Waals surface area contributed by atoms with Crippen molar-refractivity contribution in [3.05, 3.63) is 29.8 Å². The van der Waals surface area contributed by atoms with Crippen LogP contribution in [-0.4, -0.2) is 38.0 Å². The van der Waals surface area contributed by atoms with Crippen LogP contribution in [0.2, 0.25) is 0 Å². The molecule has 0 bridgehead atoms. The van der Waals surface area contributed by atoms with Crippen molar-refractivity contribution in [2.45, 2.75) is 50.8 Å². The molecular weight excluding hydrogens is 316 g/mol. The molecule has 2 saturated heterocycles. The number of carbonyl (C=O) groups excluding carboxylic acids is 1. The zero-order valence-corrected chi connectivity index (χ0v) is 14.7. The summed E-state index contributed by atoms with van der Waals surface area (Å²) >= 11 is 0. The van der Waals surface area contributed by atoms with Crippen molar-refractivity contribution in [2.75, 3.05) is 24.7 Å². The SMILES string of the molecule is C[C@H](N[C@@H]1[C@@H]2CCO[C@@H]2C12CCC2)c1ccc(N2CCOC2=O)cc1. The Morgan fingerprint density at radius 3 is 2.68 bits per heavy atom. The van der Waals surface area contributed by atoms with Gasteiger partial charge in [0, 0.05) is 35.7 Å². The average molecular weight is 342 g/mol. The van der Waals surface area contributed by atoms with Crippen molar-refractivity contribution >= 4 is 11.8 Å². The monoisotopic (exact) mass is 342 g/mol. The van der Waals surface area contributed by atoms with Crippen LogP contribution in [0, 0.1) is 11.3 Å². The number of ether oxygens (including phenoxy) is 2. The minimum Gasteiger partial charge on any atom is -0.447 e. The Balaban J connectivity index is 1.28. The first kappa shape index (κ1) is 15.6. The topological polar surface area (TPSA) is 50.8 Å². The van der Waals surface area contributed by atoms with Gasteiger partial charge < -0.3 is 14.8 Å². The second kappa shape index (κ2) is 5.71. The Morgan fingerprint density at radius 2 is 2.04 bits per heavy atom. The fraction of sp³-hybridized carbons (Fsp3) is 0.650. The van der Waals surface area contributed by atoms with E-state index in [1.165, 1.54) is 31.2 Å². The molecule has 2 heterocycles. The molecule has 2 aliphatic carbocycles. The molecule has 2 saturated carbocycles. The lowest BCUT2D eigenvalue weighted by molar-refractivity contribution is -0.178. The van der Waals surface area contributed by atoms with Crippen LogP contribution in [0.3, 0.4) is 0 Å². The van der Waals surface area contributed by atoms with Gasteiger partial charge in [0.05, 0.1) is 12.6 Å². The van der Waals surface area contributed by atoms with E-state index in [1.807, 2.05) is 12.1 Å². The van der Waals surface area contributed by atoms with E-state index in [-0.39, 0.29) is 6.09 Å². The van der Waals surface area contributed by atoms with Crippen LogP contribution in [0.15, 0.2) is 24.3 Å². The van der Waals surface area contributed by atoms with Crippen molar-refractivity contribution in [1.82, 2.24) is 5.32 Å². The molecule has 1 aromatic rings. The number of cyclic esters (lactones) is 1. The Morgan fingerprint density at radius 1 is 1.24 bits per heavy atom. The van der Waals surface area contributed by atoms with E-state index in [0.717, 1.165) is 12.3 Å². The number of rotatable bonds is 4. The Bertz CT molecular complexity index is 670. The van der Waals surface area contributed by atoms with Crippen molar-refractivity contribution in [2.24, 2.45) is 11.3 Å². The highest BCUT2D eigenvalue weighted by atomic mass is 16.6. The van der Waals surface area contributed by atoms with Gasteiger partial charge in [0.2, 0.25) is 0 Å². The number of hydrogen-bond acceptors (Lipinski definition) is 4. The molecule has 1 spiro atoms. The van der Waals surface area contributed by atoms with E-state index >= 15 is 0 Å². The lowest BCUT2D eigenvalue weighted by atomic mass is 9.46. The van der Waals surface area contributed by atoms with E-state index < -0.39 is 0 Å². The first-order chi connectivity index (χ1) is 12.2. The molecule has 4 aliphatic rings. The van der Waals surface area contributed by atoms with Gasteiger partial charge in [-0.05, 0) is 43.9 Å². The van der Waals surface area contributed by atoms with Gasteiger partial charge in [-0.3, -0.25) is 4.90 Å². The van der Waals surface area contributed by atoms with Crippen LogP contribution >= 0.6 is 0 Å². The van der Waals surface area contributed by atoms with Crippen molar-refractivity contribution in [1.29, 1.82) is 0 Å². The molecule has 4 fully saturated rings. The van der Waals surface area contributed by atoms with Gasteiger partial charge in [-0.2, -0.15) is 0 Å². The maximum atomic E-state index is 11.7. The van der Waals surface area contributed by atoms with Crippen LogP contribution in [-0.2, 0) is 9.47 Å². The molecule has 0 radical (unpaired) electrons. The lowest BCUT2D eigenvalue weighted by Crippen LogP contribution is -2.71. The van der Waals surface area contributed by atoms with E-state index in [0.29, 0.717) is 42.7 Å². The second-order valence-corrected chi connectivity index (χ2v) is 8.05. The predicted octanol–water partition coefficient (Wildman–Crippen LogP) is 3.25. The summed E-state index contributed by atoms with van der Waals surface area (Å²) < 4.78 is 11.0. The molecule has 0 aromatic heterocycles. The maximum Gasteiger partial charge on any atom is 0.414 e. The molecule has 4 atom stereocenters. The van der Waals surface area contributed by atoms with Crippen LogP contribution < -0.4 is 10.2 Å². The largest absolute Gasteiger partial charge is 0.447 e. The third kappa shape index (κ3) is 2.25. The summed E-state index contributed by atoms with van der Waals surface area (Å²) in [6.45, 7) is 4.30. The molecule has 134 valence electrons. The minimum atomic E-state index is -0.243. The second-order valence-electron chi connectivity index (χ2n) is 8.05. The number of hydrogen-bond donors (Lipinski definition) is 1. The maximum absolute atomic E-state index is 11.7. The predicted molar refractivity (Wildman–Crippen MR) is 94.6 cm³/mol. The molecule has 1 aromatic carbocycles. The van der Waals surface area contributed by atoms with Crippen molar-refractivity contribution in [3.63, 3.8) is 0 Å². The van der Waals surface area contributed by atoms with E-state index in [2.05, 4.69) is 24.4 Å². The standard InChI is InChI=1S/C20H26N2O3/c1-13(14-3-5-15(6-4-14)22-10-12-25-19(22)23)21-17-16-7-11-24-18(16)20(17)8-2-9-20/h3-6,13,16-18,21H,2,7-12H2,1H3/t13-,16-,17+,18-/m0/s1. The van der Waals surface area contributed by atoms with Gasteiger partial charge in [0.15, 0.2) is 0 Å². The summed E-state index contributed by atoms with van der Waals surface area (Å²) in [4.78, 5) is 13.4. The highest BCUT2D eigenvalue weighted by molar-refractivity contribution is 5.89. The summed E-state index contributed by atoms with van der Waals surface area (Å²) in [7, 11) is 0. The fourth-order valence-electron chi connectivity index (χ4n) is 5.43. The van der Waals surface area contributed by atoms with Crippen LogP contribution in [0.1, 0.15) is 44.2 Å². The number of nitrogens with one attached hydrogen (secondary N) is 1. The highest BCUT2D eigenvalue weighted by Gasteiger charge is 2.66. The van der Waals surface area contributed by atoms with Crippen molar-refractivity contribution in [3.8, 4) is 0 Å². The lowest BCUT2D eigenvalue weighted by Gasteiger charge is -2.64. The van der Waals surface area contributed by atoms with Gasteiger partial charge in [-0.25, -0.2) is 4.79 Å². The van der Waals surface area contributed by atoms with E-state index in [1.54, 1.807) is 4.90 Å². The van der Waals surface area contributed by atoms with Gasteiger partial charge in [0.25, 0.3) is 0 Å². The zero-order valence-electron chi connectivity index (χ0n) is 14.7. The zero-order chi connectivity index (χ0) is 17.0. The van der Waals surface area contributed by atoms with E-state index in [4.69, 9.17) is 9.47 Å². The number of benzene rings is 1. The number of fused-ring (bicyclic) bond motifs is 2. The number of carbonyl (C=O) groups is 1. The first-order valence-electron chi connectivity index (χ1n) is 9.61. The Hall–Kier alpha value is -1.59. The summed E-state index contributed by atoms with van der Waals surface area (Å²) in [5.74, 6) is 0.696. The quantitative estimate of drug-likeness (QED) is 0.912. The molecule has 1 amide bonds. The molecule has 0 unspecified atom stereocenters. The number of amides is 1. The third-order valence-corrected chi connectivity index (χ3v) is 6.93. The molecule has 5 nitrogen and oxygen atoms in total. The van der Waals surface area contributed by atoms with Crippen LogP contribution in [0.5, 0.6) is 0 Å². The van der Waals surface area contributed by atoms with Crippen molar-refractivity contribution < 1.29 is 14.3 Å². The molecule has 25 heavy (non-hydrogen) atoms. The molecule has 5 rings (SSSR count). The molecule has 1 N–H and O–H groups in total. The van der Waals surface area contributed by atoms with E-state index in [9.17, 15) is 4.79 Å². The normalized spacial score (nSPS) is 33.6. The third-order valence-electron chi connectivity index (χ3n) is 6.93. The van der Waals surface area contributed by atoms with Crippen LogP contribution in [0.4, 0.5) is 10.5 Å². The smallest absolute Gasteiger partial charge is 0.414 e. The highest BCUT2D eigenvalue weighted by Crippen LogP contribution is 2.63. The Kier molecular flexibility index (Phi) is 3.57. The van der Waals surface area contributed by atoms with Gasteiger partial charge >= 0.3 is 6.09 Å². The summed E-state index contributed by atoms with van der Waals surface area (Å²) in [5.41, 5.74) is 2.60. The average Bonchev–Trinajstić information content (AvgIpc) is 3.19. The molecular formula is C20H26N2O3.